The summed E-state index contributed by atoms with van der Waals surface area (Å²) in [4.78, 5) is 47.6. The monoisotopic (exact) mass is 743 g/mol. The third-order valence-electron chi connectivity index (χ3n) is 8.73. The SMILES string of the molecule is CC/C=C\C/C=C\C/C=C\C/C=C\C(CCCCCC(=O)NCC(=O)NC(CO)C(=O)O)OC(=O)CCCCCCC/C=C\CCCCCCCCC. The largest absolute Gasteiger partial charge is 0.480 e. The van der Waals surface area contributed by atoms with Crippen molar-refractivity contribution < 1.29 is 34.1 Å². The topological polar surface area (TPSA) is 142 Å². The summed E-state index contributed by atoms with van der Waals surface area (Å²) < 4.78 is 5.86. The third-order valence-corrected chi connectivity index (χ3v) is 8.73. The van der Waals surface area contributed by atoms with Gasteiger partial charge in [0.2, 0.25) is 11.8 Å². The molecule has 0 aromatic rings. The Hall–Kier alpha value is -3.46. The number of unbranched alkanes of at least 4 members (excludes halogenated alkanes) is 14. The zero-order valence-electron chi connectivity index (χ0n) is 33.2. The number of rotatable bonds is 36. The summed E-state index contributed by atoms with van der Waals surface area (Å²) in [7, 11) is 0. The van der Waals surface area contributed by atoms with Gasteiger partial charge in [-0.05, 0) is 83.1 Å². The normalized spacial score (nSPS) is 13.1. The van der Waals surface area contributed by atoms with Crippen molar-refractivity contribution in [3.05, 3.63) is 60.8 Å². The molecule has 0 spiro atoms. The molecule has 53 heavy (non-hydrogen) atoms. The highest BCUT2D eigenvalue weighted by Gasteiger charge is 2.18. The van der Waals surface area contributed by atoms with Crippen LogP contribution in [0.15, 0.2) is 60.8 Å². The Kier molecular flexibility index (Phi) is 35.8. The van der Waals surface area contributed by atoms with Crippen LogP contribution in [-0.2, 0) is 23.9 Å². The molecule has 0 fully saturated rings. The summed E-state index contributed by atoms with van der Waals surface area (Å²) in [6.07, 6.45) is 45.5. The van der Waals surface area contributed by atoms with E-state index < -0.39 is 24.5 Å². The molecule has 302 valence electrons. The van der Waals surface area contributed by atoms with E-state index in [-0.39, 0.29) is 30.9 Å². The number of aliphatic hydroxyl groups excluding tert-OH is 1. The van der Waals surface area contributed by atoms with Crippen LogP contribution in [0.25, 0.3) is 0 Å². The standard InChI is InChI=1S/C44H74N2O7/c1-3-5-7-9-11-13-15-16-17-18-19-21-23-25-27-32-36-43(50)53-39(33-29-26-24-22-20-14-12-10-8-6-4-2)34-30-28-31-35-41(48)45-37-42(49)46-40(38-47)44(51)52/h6,8,12,14,17-18,22,24,29,33,39-40,47H,3-5,7,9-11,13,15-16,19-21,23,25-28,30-32,34-38H2,1-2H3,(H,45,48)(H,46,49)(H,51,52)/b8-6-,14-12-,18-17-,24-22-,33-29-. The maximum Gasteiger partial charge on any atom is 0.328 e. The fourth-order valence-electron chi connectivity index (χ4n) is 5.56. The van der Waals surface area contributed by atoms with Gasteiger partial charge in [0.1, 0.15) is 12.1 Å². The maximum atomic E-state index is 12.7. The molecular formula is C44H74N2O7. The van der Waals surface area contributed by atoms with Crippen LogP contribution in [0.4, 0.5) is 0 Å². The van der Waals surface area contributed by atoms with E-state index in [2.05, 4.69) is 73.1 Å². The van der Waals surface area contributed by atoms with Crippen molar-refractivity contribution in [1.29, 1.82) is 0 Å². The van der Waals surface area contributed by atoms with Crippen molar-refractivity contribution in [3.63, 3.8) is 0 Å². The Labute approximate surface area is 321 Å². The lowest BCUT2D eigenvalue weighted by atomic mass is 10.1. The number of esters is 1. The number of hydrogen-bond donors (Lipinski definition) is 4. The van der Waals surface area contributed by atoms with Crippen LogP contribution in [0.1, 0.15) is 168 Å². The predicted octanol–water partition coefficient (Wildman–Crippen LogP) is 9.76. The second kappa shape index (κ2) is 38.3. The smallest absolute Gasteiger partial charge is 0.328 e. The number of ether oxygens (including phenoxy) is 1. The molecule has 2 amide bonds. The van der Waals surface area contributed by atoms with E-state index >= 15 is 0 Å². The van der Waals surface area contributed by atoms with Gasteiger partial charge in [0.15, 0.2) is 0 Å². The van der Waals surface area contributed by atoms with E-state index in [1.807, 2.05) is 12.2 Å². The molecular weight excluding hydrogens is 668 g/mol. The van der Waals surface area contributed by atoms with Crippen LogP contribution < -0.4 is 10.6 Å². The van der Waals surface area contributed by atoms with Crippen LogP contribution in [0, 0.1) is 0 Å². The molecule has 0 aliphatic rings. The van der Waals surface area contributed by atoms with Crippen molar-refractivity contribution in [2.75, 3.05) is 13.2 Å². The molecule has 4 N–H and O–H groups in total. The van der Waals surface area contributed by atoms with Crippen LogP contribution in [-0.4, -0.2) is 59.3 Å². The number of allylic oxidation sites excluding steroid dienone is 9. The summed E-state index contributed by atoms with van der Waals surface area (Å²) in [5, 5.41) is 22.5. The van der Waals surface area contributed by atoms with Crippen molar-refractivity contribution in [2.45, 2.75) is 180 Å². The minimum atomic E-state index is -1.40. The number of carboxylic acid groups (broad SMARTS) is 1. The molecule has 0 aliphatic heterocycles. The minimum absolute atomic E-state index is 0.172. The summed E-state index contributed by atoms with van der Waals surface area (Å²) in [6, 6.07) is -1.40. The first kappa shape index (κ1) is 49.5. The van der Waals surface area contributed by atoms with E-state index in [1.165, 1.54) is 64.2 Å². The molecule has 0 heterocycles. The Balaban J connectivity index is 4.47. The van der Waals surface area contributed by atoms with Gasteiger partial charge >= 0.3 is 11.9 Å². The first-order chi connectivity index (χ1) is 25.8. The Bertz CT molecular complexity index is 1080. The Morgan fingerprint density at radius 2 is 1.13 bits per heavy atom. The fraction of sp³-hybridized carbons (Fsp3) is 0.682. The molecule has 2 atom stereocenters. The highest BCUT2D eigenvalue weighted by molar-refractivity contribution is 5.87. The van der Waals surface area contributed by atoms with Gasteiger partial charge in [0.25, 0.3) is 0 Å². The second-order valence-corrected chi connectivity index (χ2v) is 13.7. The van der Waals surface area contributed by atoms with Crippen LogP contribution >= 0.6 is 0 Å². The zero-order chi connectivity index (χ0) is 39.0. The molecule has 0 bridgehead atoms. The molecule has 0 aromatic heterocycles. The molecule has 0 saturated carbocycles. The lowest BCUT2D eigenvalue weighted by Gasteiger charge is -2.15. The average Bonchev–Trinajstić information content (AvgIpc) is 3.14. The second-order valence-electron chi connectivity index (χ2n) is 13.7. The number of nitrogens with one attached hydrogen (secondary N) is 2. The molecule has 0 rings (SSSR count). The van der Waals surface area contributed by atoms with Gasteiger partial charge in [-0.25, -0.2) is 4.79 Å². The third kappa shape index (κ3) is 35.3. The van der Waals surface area contributed by atoms with Crippen LogP contribution in [0.5, 0.6) is 0 Å². The number of carbonyl (C=O) groups is 4. The lowest BCUT2D eigenvalue weighted by molar-refractivity contribution is -0.147. The number of amides is 2. The molecule has 9 nitrogen and oxygen atoms in total. The van der Waals surface area contributed by atoms with Gasteiger partial charge in [-0.15, -0.1) is 0 Å². The number of aliphatic hydroxyl groups is 1. The molecule has 0 aliphatic carbocycles. The van der Waals surface area contributed by atoms with E-state index in [0.717, 1.165) is 64.2 Å². The van der Waals surface area contributed by atoms with Gasteiger partial charge in [0.05, 0.1) is 13.2 Å². The first-order valence-electron chi connectivity index (χ1n) is 20.7. The highest BCUT2D eigenvalue weighted by atomic mass is 16.5. The lowest BCUT2D eigenvalue weighted by Crippen LogP contribution is -2.47. The quantitative estimate of drug-likeness (QED) is 0.0284. The number of aliphatic carboxylic acids is 1. The van der Waals surface area contributed by atoms with Crippen molar-refractivity contribution >= 4 is 23.8 Å². The van der Waals surface area contributed by atoms with Crippen LogP contribution in [0.3, 0.4) is 0 Å². The van der Waals surface area contributed by atoms with Crippen LogP contribution in [0.2, 0.25) is 0 Å². The Morgan fingerprint density at radius 3 is 1.72 bits per heavy atom. The summed E-state index contributed by atoms with van der Waals surface area (Å²) >= 11 is 0. The first-order valence-corrected chi connectivity index (χ1v) is 20.7. The summed E-state index contributed by atoms with van der Waals surface area (Å²) in [6.45, 7) is 3.29. The summed E-state index contributed by atoms with van der Waals surface area (Å²) in [5.74, 6) is -2.51. The predicted molar refractivity (Wildman–Crippen MR) is 217 cm³/mol. The van der Waals surface area contributed by atoms with Crippen molar-refractivity contribution in [2.24, 2.45) is 0 Å². The van der Waals surface area contributed by atoms with Gasteiger partial charge in [-0.2, -0.15) is 0 Å². The van der Waals surface area contributed by atoms with E-state index in [4.69, 9.17) is 14.9 Å². The van der Waals surface area contributed by atoms with E-state index in [1.54, 1.807) is 0 Å². The van der Waals surface area contributed by atoms with E-state index in [9.17, 15) is 19.2 Å². The molecule has 0 aromatic carbocycles. The number of hydrogen-bond acceptors (Lipinski definition) is 6. The highest BCUT2D eigenvalue weighted by Crippen LogP contribution is 2.14. The minimum Gasteiger partial charge on any atom is -0.480 e. The number of carboxylic acids is 1. The van der Waals surface area contributed by atoms with Crippen molar-refractivity contribution in [3.8, 4) is 0 Å². The summed E-state index contributed by atoms with van der Waals surface area (Å²) in [5.41, 5.74) is 0. The van der Waals surface area contributed by atoms with Crippen molar-refractivity contribution in [1.82, 2.24) is 10.6 Å². The van der Waals surface area contributed by atoms with Gasteiger partial charge < -0.3 is 25.6 Å². The average molecular weight is 743 g/mol. The fourth-order valence-corrected chi connectivity index (χ4v) is 5.56. The molecule has 0 saturated heterocycles. The van der Waals surface area contributed by atoms with Gasteiger partial charge in [0, 0.05) is 12.8 Å². The zero-order valence-corrected chi connectivity index (χ0v) is 33.2. The Morgan fingerprint density at radius 1 is 0.604 bits per heavy atom. The molecule has 9 heteroatoms. The molecule has 2 unspecified atom stereocenters. The number of carbonyl (C=O) groups excluding carboxylic acids is 3. The molecule has 0 radical (unpaired) electrons. The van der Waals surface area contributed by atoms with Gasteiger partial charge in [-0.1, -0.05) is 133 Å². The van der Waals surface area contributed by atoms with E-state index in [0.29, 0.717) is 19.3 Å². The van der Waals surface area contributed by atoms with Gasteiger partial charge in [-0.3, -0.25) is 14.4 Å². The maximum absolute atomic E-state index is 12.7.